The molecular formula is C37H57NO3Sn. The first-order valence-electron chi connectivity index (χ1n) is 16.7. The number of hydrogen-bond acceptors (Lipinski definition) is 3. The minimum atomic E-state index is -2.94. The molecule has 2 aromatic rings. The van der Waals surface area contributed by atoms with Crippen LogP contribution in [-0.2, 0) is 0 Å². The summed E-state index contributed by atoms with van der Waals surface area (Å²) in [6.07, 6.45) is 15.8. The van der Waals surface area contributed by atoms with E-state index in [0.29, 0.717) is 13.1 Å². The third-order valence-electron chi connectivity index (χ3n) is 9.08. The molecule has 0 saturated carbocycles. The second-order valence-corrected chi connectivity index (χ2v) is 25.9. The van der Waals surface area contributed by atoms with Gasteiger partial charge in [0.1, 0.15) is 0 Å². The van der Waals surface area contributed by atoms with Crippen molar-refractivity contribution in [2.24, 2.45) is 0 Å². The van der Waals surface area contributed by atoms with E-state index in [2.05, 4.69) is 84.0 Å². The zero-order valence-corrected chi connectivity index (χ0v) is 30.8. The van der Waals surface area contributed by atoms with Crippen LogP contribution in [0.15, 0.2) is 42.0 Å². The molecule has 1 heterocycles. The Morgan fingerprint density at radius 2 is 1.57 bits per heavy atom. The second-order valence-electron chi connectivity index (χ2n) is 12.7. The molecule has 42 heavy (non-hydrogen) atoms. The van der Waals surface area contributed by atoms with Crippen LogP contribution >= 0.6 is 0 Å². The Morgan fingerprint density at radius 3 is 2.12 bits per heavy atom. The summed E-state index contributed by atoms with van der Waals surface area (Å²) in [5.74, 6) is 1.73. The molecule has 2 aromatic carbocycles. The average molecular weight is 683 g/mol. The normalized spacial score (nSPS) is 16.2. The van der Waals surface area contributed by atoms with Crippen LogP contribution in [0.3, 0.4) is 0 Å². The average Bonchev–Trinajstić information content (AvgIpc) is 2.97. The molecule has 0 fully saturated rings. The first-order chi connectivity index (χ1) is 20.2. The topological polar surface area (TPSA) is 38.8 Å². The Hall–Kier alpha value is -1.95. The van der Waals surface area contributed by atoms with Gasteiger partial charge in [-0.3, -0.25) is 0 Å². The van der Waals surface area contributed by atoms with Crippen molar-refractivity contribution in [2.75, 3.05) is 13.1 Å². The van der Waals surface area contributed by atoms with Gasteiger partial charge < -0.3 is 0 Å². The molecule has 4 nitrogen and oxygen atoms in total. The van der Waals surface area contributed by atoms with Crippen molar-refractivity contribution in [3.63, 3.8) is 0 Å². The van der Waals surface area contributed by atoms with Gasteiger partial charge in [-0.1, -0.05) is 0 Å². The molecule has 1 aliphatic rings. The van der Waals surface area contributed by atoms with E-state index in [1.54, 1.807) is 4.90 Å². The van der Waals surface area contributed by atoms with Gasteiger partial charge in [-0.2, -0.15) is 0 Å². The van der Waals surface area contributed by atoms with Crippen LogP contribution in [0, 0.1) is 0 Å². The second kappa shape index (κ2) is 16.2. The third kappa shape index (κ3) is 8.57. The quantitative estimate of drug-likeness (QED) is 0.131. The van der Waals surface area contributed by atoms with Gasteiger partial charge in [0.2, 0.25) is 0 Å². The number of nitrogens with zero attached hydrogens (tertiary/aromatic N) is 1. The Morgan fingerprint density at radius 1 is 0.952 bits per heavy atom. The molecule has 1 aliphatic heterocycles. The summed E-state index contributed by atoms with van der Waals surface area (Å²) in [6, 6.07) is 9.03. The van der Waals surface area contributed by atoms with Crippen LogP contribution < -0.4 is 13.1 Å². The number of amides is 1. The monoisotopic (exact) mass is 683 g/mol. The number of allylic oxidation sites excluding steroid dienone is 2. The first-order valence-corrected chi connectivity index (χ1v) is 24.2. The standard InChI is InChI=1S/C25H30NO3.3C4H9.Sn/c1-6-26(7-2)24(27)28-20-12-10-19-11-13-23-21(22(19)17-20)14-16-25(5,29-23)15-8-9-18(3)4;3*1-3-4-2;/h9-11,13-14,16-17H,6-8,15H2,1-5H3;3*1,3-4H2,2H3;/t25-;;;;/m1..../s1. The predicted molar refractivity (Wildman–Crippen MR) is 184 cm³/mol. The van der Waals surface area contributed by atoms with Crippen LogP contribution in [0.1, 0.15) is 112 Å². The Balaban J connectivity index is 2.19. The van der Waals surface area contributed by atoms with E-state index in [0.717, 1.165) is 35.3 Å². The van der Waals surface area contributed by atoms with E-state index in [9.17, 15) is 4.79 Å². The molecule has 0 aliphatic carbocycles. The van der Waals surface area contributed by atoms with Crippen LogP contribution in [0.5, 0.6) is 11.5 Å². The van der Waals surface area contributed by atoms with E-state index >= 15 is 0 Å². The van der Waals surface area contributed by atoms with Gasteiger partial charge in [-0.15, -0.1) is 0 Å². The molecule has 1 amide bonds. The van der Waals surface area contributed by atoms with Gasteiger partial charge in [-0.25, -0.2) is 0 Å². The Kier molecular flexibility index (Phi) is 13.3. The van der Waals surface area contributed by atoms with E-state index in [4.69, 9.17) is 9.47 Å². The number of ether oxygens (including phenoxy) is 2. The molecule has 0 saturated heterocycles. The van der Waals surface area contributed by atoms with Crippen molar-refractivity contribution in [3.05, 3.63) is 47.6 Å². The summed E-state index contributed by atoms with van der Waals surface area (Å²) in [6.45, 7) is 18.7. The summed E-state index contributed by atoms with van der Waals surface area (Å²) in [5, 5.41) is 2.35. The van der Waals surface area contributed by atoms with Crippen LogP contribution in [0.2, 0.25) is 13.3 Å². The van der Waals surface area contributed by atoms with Crippen LogP contribution in [0.4, 0.5) is 4.79 Å². The van der Waals surface area contributed by atoms with Gasteiger partial charge in [-0.05, 0) is 13.8 Å². The van der Waals surface area contributed by atoms with Gasteiger partial charge in [0, 0.05) is 0 Å². The molecule has 0 N–H and O–H groups in total. The molecule has 5 heteroatoms. The molecule has 0 aromatic heterocycles. The zero-order chi connectivity index (χ0) is 30.8. The summed E-state index contributed by atoms with van der Waals surface area (Å²) in [5.41, 5.74) is 2.09. The Bertz CT molecular complexity index is 1220. The minimum absolute atomic E-state index is 0.231. The van der Waals surface area contributed by atoms with E-state index in [1.807, 2.05) is 13.8 Å². The van der Waals surface area contributed by atoms with Crippen molar-refractivity contribution >= 4 is 44.9 Å². The molecule has 0 radical (unpaired) electrons. The number of fused-ring (bicyclic) bond motifs is 3. The fraction of sp³-hybridized carbons (Fsp3) is 0.595. The summed E-state index contributed by atoms with van der Waals surface area (Å²) < 4.78 is 18.4. The maximum atomic E-state index is 13.4. The number of benzene rings is 2. The van der Waals surface area contributed by atoms with Gasteiger partial charge in [0.25, 0.3) is 0 Å². The van der Waals surface area contributed by atoms with E-state index in [1.165, 1.54) is 66.4 Å². The molecule has 3 rings (SSSR count). The molecule has 1 atom stereocenters. The SMILES string of the molecule is CCC[CH2][Sn]([CH2]CCC)([CH2]CCC)[c]1cc2ccc3c(c2cc1OC(=O)N(CC)CC)C=C[C@@](C)(CCC=C(C)C)O3. The van der Waals surface area contributed by atoms with Gasteiger partial charge in [0.15, 0.2) is 0 Å². The first kappa shape index (κ1) is 34.5. The number of unbranched alkanes of at least 4 members (excludes halogenated alkanes) is 3. The molecular weight excluding hydrogens is 625 g/mol. The van der Waals surface area contributed by atoms with E-state index < -0.39 is 18.4 Å². The van der Waals surface area contributed by atoms with Crippen LogP contribution in [0.25, 0.3) is 16.8 Å². The van der Waals surface area contributed by atoms with Crippen molar-refractivity contribution in [1.82, 2.24) is 4.90 Å². The molecule has 0 unspecified atom stereocenters. The number of hydrogen-bond donors (Lipinski definition) is 0. The summed E-state index contributed by atoms with van der Waals surface area (Å²) in [7, 11) is 0. The molecule has 0 bridgehead atoms. The fourth-order valence-corrected chi connectivity index (χ4v) is 22.8. The predicted octanol–water partition coefficient (Wildman–Crippen LogP) is 10.6. The maximum absolute atomic E-state index is 13.4. The van der Waals surface area contributed by atoms with Gasteiger partial charge in [0.05, 0.1) is 0 Å². The van der Waals surface area contributed by atoms with Crippen molar-refractivity contribution in [1.29, 1.82) is 0 Å². The van der Waals surface area contributed by atoms with Crippen LogP contribution in [-0.4, -0.2) is 48.1 Å². The Labute approximate surface area is 260 Å². The zero-order valence-electron chi connectivity index (χ0n) is 27.9. The number of carbonyl (C=O) groups excluding carboxylic acids is 1. The van der Waals surface area contributed by atoms with E-state index in [-0.39, 0.29) is 11.7 Å². The molecule has 0 spiro atoms. The fourth-order valence-electron chi connectivity index (χ4n) is 6.41. The summed E-state index contributed by atoms with van der Waals surface area (Å²) >= 11 is -2.94. The number of carbonyl (C=O) groups is 1. The van der Waals surface area contributed by atoms with Crippen molar-refractivity contribution in [2.45, 2.75) is 126 Å². The number of rotatable bonds is 16. The molecule has 232 valence electrons. The van der Waals surface area contributed by atoms with Gasteiger partial charge >= 0.3 is 248 Å². The summed E-state index contributed by atoms with van der Waals surface area (Å²) in [4.78, 5) is 15.2. The van der Waals surface area contributed by atoms with Crippen molar-refractivity contribution in [3.8, 4) is 11.5 Å². The third-order valence-corrected chi connectivity index (χ3v) is 24.7. The van der Waals surface area contributed by atoms with Crippen molar-refractivity contribution < 1.29 is 14.3 Å².